The van der Waals surface area contributed by atoms with Crippen molar-refractivity contribution in [2.24, 2.45) is 0 Å². The van der Waals surface area contributed by atoms with Crippen LogP contribution in [-0.2, 0) is 17.8 Å². The van der Waals surface area contributed by atoms with E-state index in [2.05, 4.69) is 6.07 Å². The Morgan fingerprint density at radius 1 is 1.27 bits per heavy atom. The Morgan fingerprint density at radius 3 is 2.73 bits per heavy atom. The summed E-state index contributed by atoms with van der Waals surface area (Å²) in [5.41, 5.74) is 2.53. The molecule has 1 aliphatic rings. The molecule has 0 fully saturated rings. The largest absolute Gasteiger partial charge is 0.462 e. The first kappa shape index (κ1) is 14.2. The van der Waals surface area contributed by atoms with Crippen LogP contribution in [0.5, 0.6) is 0 Å². The van der Waals surface area contributed by atoms with Crippen molar-refractivity contribution >= 4 is 12.0 Å². The average molecular weight is 292 g/mol. The number of hydrogen-bond acceptors (Lipinski definition) is 3. The highest BCUT2D eigenvalue weighted by molar-refractivity contribution is 6.01. The Bertz CT molecular complexity index is 780. The molecule has 1 aliphatic heterocycles. The Kier molecular flexibility index (Phi) is 3.80. The zero-order chi connectivity index (χ0) is 15.5. The summed E-state index contributed by atoms with van der Waals surface area (Å²) in [6, 6.07) is 13.7. The first-order valence-corrected chi connectivity index (χ1v) is 7.21. The standard InChI is InChI=1S/C18H16N2O2/c1-13-6-7-17(22-13)10-16(11-19)18(21)20-9-8-14-4-2-3-5-15(14)12-20/h2-7,10H,8-9,12H2,1H3/b16-10+. The second-order valence-corrected chi connectivity index (χ2v) is 5.36. The molecule has 0 bridgehead atoms. The van der Waals surface area contributed by atoms with Crippen molar-refractivity contribution in [1.29, 1.82) is 5.26 Å². The lowest BCUT2D eigenvalue weighted by Crippen LogP contribution is -2.36. The van der Waals surface area contributed by atoms with Gasteiger partial charge in [0.1, 0.15) is 23.2 Å². The molecule has 4 heteroatoms. The molecule has 1 amide bonds. The Morgan fingerprint density at radius 2 is 2.05 bits per heavy atom. The summed E-state index contributed by atoms with van der Waals surface area (Å²) >= 11 is 0. The van der Waals surface area contributed by atoms with Crippen LogP contribution < -0.4 is 0 Å². The summed E-state index contributed by atoms with van der Waals surface area (Å²) in [7, 11) is 0. The average Bonchev–Trinajstić information content (AvgIpc) is 2.96. The van der Waals surface area contributed by atoms with Gasteiger partial charge in [-0.15, -0.1) is 0 Å². The summed E-state index contributed by atoms with van der Waals surface area (Å²) in [4.78, 5) is 14.3. The number of carbonyl (C=O) groups is 1. The van der Waals surface area contributed by atoms with Crippen LogP contribution in [-0.4, -0.2) is 17.4 Å². The topological polar surface area (TPSA) is 57.2 Å². The molecule has 2 heterocycles. The number of rotatable bonds is 2. The van der Waals surface area contributed by atoms with Gasteiger partial charge >= 0.3 is 0 Å². The van der Waals surface area contributed by atoms with Crippen LogP contribution in [0.3, 0.4) is 0 Å². The summed E-state index contributed by atoms with van der Waals surface area (Å²) in [6.07, 6.45) is 2.33. The molecular weight excluding hydrogens is 276 g/mol. The molecule has 0 aliphatic carbocycles. The number of hydrogen-bond donors (Lipinski definition) is 0. The first-order chi connectivity index (χ1) is 10.7. The van der Waals surface area contributed by atoms with E-state index in [0.717, 1.165) is 17.7 Å². The van der Waals surface area contributed by atoms with Gasteiger partial charge in [-0.25, -0.2) is 0 Å². The van der Waals surface area contributed by atoms with Crippen molar-refractivity contribution in [2.75, 3.05) is 6.54 Å². The van der Waals surface area contributed by atoms with E-state index in [1.807, 2.05) is 37.3 Å². The maximum Gasteiger partial charge on any atom is 0.264 e. The number of amides is 1. The summed E-state index contributed by atoms with van der Waals surface area (Å²) < 4.78 is 5.41. The minimum absolute atomic E-state index is 0.105. The lowest BCUT2D eigenvalue weighted by atomic mass is 9.99. The molecule has 0 spiro atoms. The second kappa shape index (κ2) is 5.90. The molecular formula is C18H16N2O2. The molecule has 22 heavy (non-hydrogen) atoms. The molecule has 3 rings (SSSR count). The van der Waals surface area contributed by atoms with Crippen LogP contribution in [0.4, 0.5) is 0 Å². The molecule has 0 unspecified atom stereocenters. The van der Waals surface area contributed by atoms with E-state index < -0.39 is 0 Å². The minimum atomic E-state index is -0.244. The van der Waals surface area contributed by atoms with Gasteiger partial charge in [0.2, 0.25) is 0 Å². The molecule has 1 aromatic heterocycles. The van der Waals surface area contributed by atoms with Crippen LogP contribution in [0.2, 0.25) is 0 Å². The van der Waals surface area contributed by atoms with Gasteiger partial charge in [-0.3, -0.25) is 4.79 Å². The number of nitrogens with zero attached hydrogens (tertiary/aromatic N) is 2. The van der Waals surface area contributed by atoms with Gasteiger partial charge in [-0.05, 0) is 36.6 Å². The molecule has 0 N–H and O–H groups in total. The van der Waals surface area contributed by atoms with Gasteiger partial charge in [0.25, 0.3) is 5.91 Å². The third-order valence-electron chi connectivity index (χ3n) is 3.82. The molecule has 4 nitrogen and oxygen atoms in total. The second-order valence-electron chi connectivity index (χ2n) is 5.36. The molecule has 110 valence electrons. The molecule has 0 radical (unpaired) electrons. The highest BCUT2D eigenvalue weighted by Crippen LogP contribution is 2.21. The van der Waals surface area contributed by atoms with Gasteiger partial charge in [-0.2, -0.15) is 5.26 Å². The van der Waals surface area contributed by atoms with E-state index in [1.165, 1.54) is 11.6 Å². The van der Waals surface area contributed by atoms with E-state index in [1.54, 1.807) is 11.0 Å². The molecule has 1 aromatic carbocycles. The van der Waals surface area contributed by atoms with Crippen LogP contribution in [0.15, 0.2) is 46.4 Å². The predicted molar refractivity (Wildman–Crippen MR) is 82.6 cm³/mol. The Hall–Kier alpha value is -2.80. The number of furan rings is 1. The van der Waals surface area contributed by atoms with Crippen molar-refractivity contribution in [3.05, 3.63) is 64.6 Å². The van der Waals surface area contributed by atoms with E-state index in [4.69, 9.17) is 4.42 Å². The fourth-order valence-corrected chi connectivity index (χ4v) is 2.65. The monoisotopic (exact) mass is 292 g/mol. The fourth-order valence-electron chi connectivity index (χ4n) is 2.65. The maximum absolute atomic E-state index is 12.5. The van der Waals surface area contributed by atoms with Crippen molar-refractivity contribution in [2.45, 2.75) is 19.9 Å². The van der Waals surface area contributed by atoms with Crippen molar-refractivity contribution < 1.29 is 9.21 Å². The quantitative estimate of drug-likeness (QED) is 0.631. The molecule has 0 saturated heterocycles. The molecule has 2 aromatic rings. The third-order valence-corrected chi connectivity index (χ3v) is 3.82. The smallest absolute Gasteiger partial charge is 0.264 e. The van der Waals surface area contributed by atoms with Gasteiger partial charge < -0.3 is 9.32 Å². The van der Waals surface area contributed by atoms with Crippen LogP contribution in [0.1, 0.15) is 22.6 Å². The van der Waals surface area contributed by atoms with Gasteiger partial charge in [0.15, 0.2) is 0 Å². The van der Waals surface area contributed by atoms with Crippen molar-refractivity contribution in [3.63, 3.8) is 0 Å². The van der Waals surface area contributed by atoms with E-state index >= 15 is 0 Å². The summed E-state index contributed by atoms with van der Waals surface area (Å²) in [5.74, 6) is 1.04. The Balaban J connectivity index is 1.81. The van der Waals surface area contributed by atoms with Gasteiger partial charge in [0.05, 0.1) is 0 Å². The normalized spacial score (nSPS) is 14.4. The summed E-state index contributed by atoms with van der Waals surface area (Å²) in [5, 5.41) is 9.28. The third kappa shape index (κ3) is 2.79. The lowest BCUT2D eigenvalue weighted by Gasteiger charge is -2.28. The van der Waals surface area contributed by atoms with Gasteiger partial charge in [0, 0.05) is 19.2 Å². The fraction of sp³-hybridized carbons (Fsp3) is 0.222. The summed E-state index contributed by atoms with van der Waals surface area (Å²) in [6.45, 7) is 3.00. The van der Waals surface area contributed by atoms with Crippen molar-refractivity contribution in [1.82, 2.24) is 4.90 Å². The molecule has 0 saturated carbocycles. The lowest BCUT2D eigenvalue weighted by molar-refractivity contribution is -0.127. The van der Waals surface area contributed by atoms with Crippen LogP contribution in [0.25, 0.3) is 6.08 Å². The maximum atomic E-state index is 12.5. The first-order valence-electron chi connectivity index (χ1n) is 7.21. The zero-order valence-electron chi connectivity index (χ0n) is 12.4. The number of benzene rings is 1. The SMILES string of the molecule is Cc1ccc(/C=C(\C#N)C(=O)N2CCc3ccccc3C2)o1. The van der Waals surface area contributed by atoms with Crippen LogP contribution in [0, 0.1) is 18.3 Å². The van der Waals surface area contributed by atoms with E-state index in [-0.39, 0.29) is 11.5 Å². The van der Waals surface area contributed by atoms with E-state index in [0.29, 0.717) is 18.8 Å². The minimum Gasteiger partial charge on any atom is -0.462 e. The molecule has 0 atom stereocenters. The highest BCUT2D eigenvalue weighted by atomic mass is 16.3. The predicted octanol–water partition coefficient (Wildman–Crippen LogP) is 3.08. The Labute approximate surface area is 129 Å². The van der Waals surface area contributed by atoms with Gasteiger partial charge in [-0.1, -0.05) is 24.3 Å². The highest BCUT2D eigenvalue weighted by Gasteiger charge is 2.23. The number of aryl methyl sites for hydroxylation is 1. The van der Waals surface area contributed by atoms with E-state index in [9.17, 15) is 10.1 Å². The number of fused-ring (bicyclic) bond motifs is 1. The number of carbonyl (C=O) groups excluding carboxylic acids is 1. The number of nitriles is 1. The zero-order valence-corrected chi connectivity index (χ0v) is 12.4. The van der Waals surface area contributed by atoms with Crippen molar-refractivity contribution in [3.8, 4) is 6.07 Å². The van der Waals surface area contributed by atoms with Crippen LogP contribution >= 0.6 is 0 Å².